The number of alkyl halides is 2. The zero-order valence-corrected chi connectivity index (χ0v) is 21.5. The van der Waals surface area contributed by atoms with Crippen molar-refractivity contribution in [2.75, 3.05) is 37.7 Å². The van der Waals surface area contributed by atoms with Crippen LogP contribution in [-0.2, 0) is 16.1 Å². The number of hydrogen-bond donors (Lipinski definition) is 2. The van der Waals surface area contributed by atoms with Gasteiger partial charge in [-0.05, 0) is 58.1 Å². The van der Waals surface area contributed by atoms with E-state index in [9.17, 15) is 27.9 Å². The largest absolute Gasteiger partial charge is 0.491 e. The van der Waals surface area contributed by atoms with E-state index in [0.29, 0.717) is 11.1 Å². The maximum Gasteiger partial charge on any atom is 0.293 e. The Morgan fingerprint density at radius 2 is 1.81 bits per heavy atom. The summed E-state index contributed by atoms with van der Waals surface area (Å²) in [5, 5.41) is 15.2. The number of likely N-dealkylation sites (N-methyl/N-ethyl adjacent to an activating group) is 1. The maximum atomic E-state index is 14.9. The van der Waals surface area contributed by atoms with Crippen molar-refractivity contribution in [2.45, 2.75) is 24.0 Å². The standard InChI is InChI=1S/C25H28F3N3O5S/c1-31(25(34)20-12-22(32)30-36-20)23(16-7-5-15(6-8-16)13-35-14-21(27)28)24(33)29-19-10-9-17(11-18(19)26)37(2,3)4/h5-12,21,23H,13-14H2,1-4H3,(H,29,33)(H,30,32). The summed E-state index contributed by atoms with van der Waals surface area (Å²) < 4.78 is 49.3. The number of benzene rings is 2. The predicted molar refractivity (Wildman–Crippen MR) is 134 cm³/mol. The molecular weight excluding hydrogens is 511 g/mol. The van der Waals surface area contributed by atoms with Gasteiger partial charge < -0.3 is 24.6 Å². The van der Waals surface area contributed by atoms with Gasteiger partial charge in [0, 0.05) is 7.05 Å². The Balaban J connectivity index is 1.89. The van der Waals surface area contributed by atoms with E-state index in [-0.39, 0.29) is 18.1 Å². The molecule has 2 aromatic carbocycles. The minimum absolute atomic E-state index is 0.0578. The third-order valence-electron chi connectivity index (χ3n) is 5.38. The van der Waals surface area contributed by atoms with Crippen LogP contribution in [0.1, 0.15) is 27.7 Å². The van der Waals surface area contributed by atoms with Crippen molar-refractivity contribution in [3.05, 3.63) is 71.2 Å². The Hall–Kier alpha value is -3.51. The lowest BCUT2D eigenvalue weighted by Gasteiger charge is -2.28. The molecule has 37 heavy (non-hydrogen) atoms. The zero-order chi connectivity index (χ0) is 27.3. The van der Waals surface area contributed by atoms with Gasteiger partial charge in [-0.15, -0.1) is 0 Å². The molecule has 0 spiro atoms. The number of nitrogens with zero attached hydrogens (tertiary/aromatic N) is 2. The van der Waals surface area contributed by atoms with Gasteiger partial charge in [-0.1, -0.05) is 24.3 Å². The van der Waals surface area contributed by atoms with Crippen molar-refractivity contribution in [2.24, 2.45) is 0 Å². The van der Waals surface area contributed by atoms with Gasteiger partial charge in [0.1, 0.15) is 18.5 Å². The van der Waals surface area contributed by atoms with E-state index < -0.39 is 52.6 Å². The summed E-state index contributed by atoms with van der Waals surface area (Å²) in [6, 6.07) is 10.6. The molecule has 1 heterocycles. The fourth-order valence-corrected chi connectivity index (χ4v) is 4.38. The number of ether oxygens (including phenoxy) is 1. The van der Waals surface area contributed by atoms with Crippen LogP contribution < -0.4 is 5.32 Å². The summed E-state index contributed by atoms with van der Waals surface area (Å²) in [4.78, 5) is 28.2. The Morgan fingerprint density at radius 3 is 2.35 bits per heavy atom. The highest BCUT2D eigenvalue weighted by Crippen LogP contribution is 2.45. The average Bonchev–Trinajstić information content (AvgIpc) is 3.26. The van der Waals surface area contributed by atoms with E-state index in [4.69, 9.17) is 9.26 Å². The summed E-state index contributed by atoms with van der Waals surface area (Å²) >= 11 is 0. The number of aromatic hydroxyl groups is 1. The van der Waals surface area contributed by atoms with Crippen LogP contribution in [-0.4, -0.2) is 65.8 Å². The number of carbonyl (C=O) groups is 2. The molecule has 0 bridgehead atoms. The van der Waals surface area contributed by atoms with E-state index in [1.54, 1.807) is 18.2 Å². The summed E-state index contributed by atoms with van der Waals surface area (Å²) in [6.07, 6.45) is 3.45. The maximum absolute atomic E-state index is 14.9. The number of hydrogen-bond acceptors (Lipinski definition) is 6. The number of nitrogens with one attached hydrogen (secondary N) is 1. The quantitative estimate of drug-likeness (QED) is 0.383. The molecule has 2 amide bonds. The molecule has 1 aromatic heterocycles. The highest BCUT2D eigenvalue weighted by atomic mass is 32.3. The van der Waals surface area contributed by atoms with Crippen molar-refractivity contribution >= 4 is 27.5 Å². The van der Waals surface area contributed by atoms with Gasteiger partial charge >= 0.3 is 0 Å². The normalized spacial score (nSPS) is 12.9. The topological polar surface area (TPSA) is 105 Å². The van der Waals surface area contributed by atoms with Crippen molar-refractivity contribution in [1.29, 1.82) is 0 Å². The highest BCUT2D eigenvalue weighted by Gasteiger charge is 2.32. The van der Waals surface area contributed by atoms with Crippen LogP contribution in [0.3, 0.4) is 0 Å². The predicted octanol–water partition coefficient (Wildman–Crippen LogP) is 4.81. The van der Waals surface area contributed by atoms with Gasteiger partial charge in [0.05, 0.1) is 18.4 Å². The van der Waals surface area contributed by atoms with Gasteiger partial charge in [-0.2, -0.15) is 0 Å². The van der Waals surface area contributed by atoms with Crippen LogP contribution in [0.2, 0.25) is 0 Å². The Morgan fingerprint density at radius 1 is 1.14 bits per heavy atom. The molecule has 8 nitrogen and oxygen atoms in total. The molecular formula is C25H28F3N3O5S. The van der Waals surface area contributed by atoms with Crippen LogP contribution in [0, 0.1) is 5.82 Å². The van der Waals surface area contributed by atoms with Crippen LogP contribution in [0.4, 0.5) is 18.9 Å². The fourth-order valence-electron chi connectivity index (χ4n) is 3.45. The smallest absolute Gasteiger partial charge is 0.293 e. The number of amides is 2. The van der Waals surface area contributed by atoms with E-state index in [1.165, 1.54) is 31.3 Å². The molecule has 3 aromatic rings. The van der Waals surface area contributed by atoms with Gasteiger partial charge in [0.2, 0.25) is 5.76 Å². The third-order valence-corrected chi connectivity index (χ3v) is 7.05. The number of halogens is 3. The Bertz CT molecular complexity index is 1250. The Kier molecular flexibility index (Phi) is 8.87. The average molecular weight is 540 g/mol. The second kappa shape index (κ2) is 11.7. The number of aromatic nitrogens is 1. The second-order valence-electron chi connectivity index (χ2n) is 8.98. The summed E-state index contributed by atoms with van der Waals surface area (Å²) in [5.74, 6) is -2.90. The van der Waals surface area contributed by atoms with Gasteiger partial charge in [-0.25, -0.2) is 23.2 Å². The molecule has 0 saturated heterocycles. The van der Waals surface area contributed by atoms with Crippen LogP contribution in [0.5, 0.6) is 5.88 Å². The van der Waals surface area contributed by atoms with Crippen molar-refractivity contribution < 1.29 is 37.1 Å². The van der Waals surface area contributed by atoms with Crippen LogP contribution in [0.25, 0.3) is 0 Å². The molecule has 1 atom stereocenters. The first-order valence-corrected chi connectivity index (χ1v) is 13.9. The monoisotopic (exact) mass is 539 g/mol. The van der Waals surface area contributed by atoms with Crippen molar-refractivity contribution in [3.63, 3.8) is 0 Å². The Labute approximate surface area is 213 Å². The molecule has 12 heteroatoms. The molecule has 1 unspecified atom stereocenters. The third kappa shape index (κ3) is 7.26. The molecule has 3 rings (SSSR count). The van der Waals surface area contributed by atoms with Gasteiger partial charge in [0.25, 0.3) is 24.1 Å². The summed E-state index contributed by atoms with van der Waals surface area (Å²) in [6.45, 7) is -0.782. The van der Waals surface area contributed by atoms with E-state index in [1.807, 2.05) is 18.8 Å². The molecule has 0 saturated carbocycles. The highest BCUT2D eigenvalue weighted by molar-refractivity contribution is 8.32. The first-order valence-electron chi connectivity index (χ1n) is 11.0. The minimum atomic E-state index is -2.60. The summed E-state index contributed by atoms with van der Waals surface area (Å²) in [5.41, 5.74) is 0.868. The number of rotatable bonds is 10. The minimum Gasteiger partial charge on any atom is -0.491 e. The molecule has 200 valence electrons. The molecule has 0 aliphatic carbocycles. The zero-order valence-electron chi connectivity index (χ0n) is 20.7. The van der Waals surface area contributed by atoms with E-state index in [0.717, 1.165) is 15.9 Å². The SMILES string of the molecule is CN(C(=O)c1cc(O)no1)C(C(=O)Nc1ccc(S(C)(C)C)cc1F)c1ccc(COCC(F)F)cc1. The van der Waals surface area contributed by atoms with E-state index in [2.05, 4.69) is 10.5 Å². The van der Waals surface area contributed by atoms with E-state index >= 15 is 0 Å². The first kappa shape index (κ1) is 28.1. The van der Waals surface area contributed by atoms with Gasteiger partial charge in [-0.3, -0.25) is 9.59 Å². The molecule has 2 N–H and O–H groups in total. The lowest BCUT2D eigenvalue weighted by molar-refractivity contribution is -0.120. The lowest BCUT2D eigenvalue weighted by atomic mass is 10.0. The molecule has 0 radical (unpaired) electrons. The second-order valence-corrected chi connectivity index (χ2v) is 13.1. The number of anilines is 1. The fraction of sp³-hybridized carbons (Fsp3) is 0.320. The number of carbonyl (C=O) groups excluding carboxylic acids is 2. The molecule has 0 aliphatic heterocycles. The lowest BCUT2D eigenvalue weighted by Crippen LogP contribution is -2.38. The molecule has 0 aliphatic rings. The molecule has 0 fully saturated rings. The van der Waals surface area contributed by atoms with Crippen LogP contribution in [0.15, 0.2) is 57.9 Å². The van der Waals surface area contributed by atoms with Crippen LogP contribution >= 0.6 is 10.0 Å². The summed E-state index contributed by atoms with van der Waals surface area (Å²) in [7, 11) is 0.148. The first-order chi connectivity index (χ1) is 17.4. The van der Waals surface area contributed by atoms with Crippen molar-refractivity contribution in [1.82, 2.24) is 10.1 Å². The van der Waals surface area contributed by atoms with Gasteiger partial charge in [0.15, 0.2) is 0 Å². The van der Waals surface area contributed by atoms with Crippen molar-refractivity contribution in [3.8, 4) is 5.88 Å².